The minimum absolute atomic E-state index is 0.0518. The van der Waals surface area contributed by atoms with Gasteiger partial charge in [-0.2, -0.15) is 0 Å². The number of ether oxygens (including phenoxy) is 4. The lowest BCUT2D eigenvalue weighted by Gasteiger charge is -2.30. The molecule has 1 aromatic heterocycles. The zero-order valence-electron chi connectivity index (χ0n) is 35.9. The molecule has 3 aliphatic heterocycles. The number of rotatable bonds is 12. The molecule has 14 nitrogen and oxygen atoms in total. The van der Waals surface area contributed by atoms with Gasteiger partial charge in [-0.15, -0.1) is 6.58 Å². The van der Waals surface area contributed by atoms with Crippen molar-refractivity contribution >= 4 is 44.5 Å². The van der Waals surface area contributed by atoms with Crippen LogP contribution in [0.4, 0.5) is 0 Å². The van der Waals surface area contributed by atoms with Crippen molar-refractivity contribution in [2.75, 3.05) is 46.0 Å². The molecule has 2 bridgehead atoms. The maximum atomic E-state index is 14.7. The summed E-state index contributed by atoms with van der Waals surface area (Å²) >= 11 is 0. The van der Waals surface area contributed by atoms with Crippen LogP contribution in [0, 0.1) is 29.1 Å². The minimum atomic E-state index is -3.96. The van der Waals surface area contributed by atoms with Crippen LogP contribution in [0.3, 0.4) is 0 Å². The molecule has 1 N–H and O–H groups in total. The lowest BCUT2D eigenvalue weighted by molar-refractivity contribution is -0.152. The number of sulfonamides is 1. The number of Topliss-reactive ketones (excluding diaryl/α,β-unsaturated/α-hetero) is 1. The summed E-state index contributed by atoms with van der Waals surface area (Å²) in [5.74, 6) is -1.86. The Kier molecular flexibility index (Phi) is 12.6. The predicted octanol–water partition coefficient (Wildman–Crippen LogP) is 5.15. The highest BCUT2D eigenvalue weighted by Crippen LogP contribution is 2.57. The average Bonchev–Trinajstić information content (AvgIpc) is 4.19. The van der Waals surface area contributed by atoms with Gasteiger partial charge in [-0.1, -0.05) is 44.9 Å². The molecule has 8 rings (SSSR count). The first kappa shape index (κ1) is 43.6. The van der Waals surface area contributed by atoms with E-state index in [9.17, 15) is 27.6 Å². The molecule has 2 aromatic rings. The molecule has 1 aromatic carbocycles. The maximum absolute atomic E-state index is 14.7. The molecule has 2 saturated heterocycles. The Hall–Kier alpha value is -4.08. The van der Waals surface area contributed by atoms with Crippen LogP contribution >= 0.6 is 0 Å². The Balaban J connectivity index is 1.11. The first-order valence-corrected chi connectivity index (χ1v) is 23.9. The van der Waals surface area contributed by atoms with E-state index in [0.717, 1.165) is 68.4 Å². The fourth-order valence-corrected chi connectivity index (χ4v) is 10.9. The number of ketones is 1. The van der Waals surface area contributed by atoms with Crippen LogP contribution in [0.15, 0.2) is 36.9 Å². The average molecular weight is 863 g/mol. The number of para-hydroxylation sites is 1. The largest absolute Gasteiger partial charge is 0.491 e. The molecule has 332 valence electrons. The van der Waals surface area contributed by atoms with Crippen molar-refractivity contribution in [1.82, 2.24) is 19.5 Å². The Morgan fingerprint density at radius 2 is 1.85 bits per heavy atom. The number of carbonyl (C=O) groups excluding carboxylic acids is 4. The number of allylic oxidation sites excluding steroid dienone is 1. The van der Waals surface area contributed by atoms with E-state index >= 15 is 0 Å². The topological polar surface area (TPSA) is 171 Å². The number of benzene rings is 1. The van der Waals surface area contributed by atoms with Crippen molar-refractivity contribution in [3.05, 3.63) is 42.5 Å². The van der Waals surface area contributed by atoms with Gasteiger partial charge in [-0.05, 0) is 81.8 Å². The van der Waals surface area contributed by atoms with Crippen molar-refractivity contribution in [3.63, 3.8) is 0 Å². The Bertz CT molecular complexity index is 2130. The summed E-state index contributed by atoms with van der Waals surface area (Å²) in [5.41, 5.74) is 0.244. The second-order valence-corrected chi connectivity index (χ2v) is 21.1. The first-order valence-electron chi connectivity index (χ1n) is 22.4. The van der Waals surface area contributed by atoms with E-state index in [1.54, 1.807) is 13.0 Å². The van der Waals surface area contributed by atoms with Crippen LogP contribution in [0.2, 0.25) is 0 Å². The van der Waals surface area contributed by atoms with Crippen molar-refractivity contribution in [3.8, 4) is 11.6 Å². The quantitative estimate of drug-likeness (QED) is 0.220. The van der Waals surface area contributed by atoms with Gasteiger partial charge in [0.2, 0.25) is 27.7 Å². The number of morpholine rings is 1. The molecule has 6 aliphatic rings. The number of hydrogen-bond donors (Lipinski definition) is 1. The molecule has 3 saturated carbocycles. The minimum Gasteiger partial charge on any atom is -0.491 e. The van der Waals surface area contributed by atoms with Gasteiger partial charge < -0.3 is 23.8 Å². The van der Waals surface area contributed by atoms with Crippen molar-refractivity contribution < 1.29 is 46.5 Å². The van der Waals surface area contributed by atoms with Gasteiger partial charge in [0.1, 0.15) is 24.6 Å². The smallest absolute Gasteiger partial charge is 0.306 e. The Labute approximate surface area is 359 Å². The Morgan fingerprint density at radius 3 is 2.57 bits per heavy atom. The van der Waals surface area contributed by atoms with Crippen LogP contribution in [0.1, 0.15) is 97.0 Å². The Morgan fingerprint density at radius 1 is 1.08 bits per heavy atom. The zero-order valence-corrected chi connectivity index (χ0v) is 36.7. The van der Waals surface area contributed by atoms with Crippen LogP contribution in [-0.4, -0.2) is 116 Å². The van der Waals surface area contributed by atoms with E-state index in [1.807, 2.05) is 38.1 Å². The predicted molar refractivity (Wildman–Crippen MR) is 227 cm³/mol. The number of aromatic nitrogens is 1. The number of nitrogens with one attached hydrogen (secondary N) is 1. The molecule has 0 radical (unpaired) electrons. The molecule has 4 heterocycles. The van der Waals surface area contributed by atoms with Gasteiger partial charge in [0.25, 0.3) is 0 Å². The van der Waals surface area contributed by atoms with Crippen LogP contribution in [0.5, 0.6) is 11.6 Å². The second-order valence-electron chi connectivity index (χ2n) is 18.9. The van der Waals surface area contributed by atoms with Gasteiger partial charge in [0, 0.05) is 37.9 Å². The summed E-state index contributed by atoms with van der Waals surface area (Å²) in [6, 6.07) is 6.84. The standard InChI is InChI=1S/C46H62N4O10S/c1-5-31-26-46(31,44(54)48-61(55,56)45(4)15-16-45)27-38(51)37-24-32-28-50(37)43(53)35(29(2)3)25-40(52)60-39-23-30(39)11-7-6-8-13-34-41(58-22-19-49-17-20-57-21-18-49)33-12-9-10-14-36(33)47-42(34)59-32/h5,9-10,12,14,29-32,35,37,39H,1,6-8,11,13,15-28H2,2-4H3,(H,48,54)/t30-,31-,32-,35+,37+,39-,46-/m1/s1. The van der Waals surface area contributed by atoms with Crippen LogP contribution < -0.4 is 14.2 Å². The fraction of sp³-hybridized carbons (Fsp3) is 0.674. The highest BCUT2D eigenvalue weighted by atomic mass is 32.2. The number of fused-ring (bicyclic) bond motifs is 5. The summed E-state index contributed by atoms with van der Waals surface area (Å²) < 4.78 is 52.6. The molecule has 7 atom stereocenters. The van der Waals surface area contributed by atoms with E-state index in [2.05, 4.69) is 16.2 Å². The third kappa shape index (κ3) is 9.34. The second kappa shape index (κ2) is 17.6. The third-order valence-electron chi connectivity index (χ3n) is 14.2. The number of pyridine rings is 1. The lowest BCUT2D eigenvalue weighted by Crippen LogP contribution is -2.48. The molecular weight excluding hydrogens is 801 g/mol. The summed E-state index contributed by atoms with van der Waals surface area (Å²) in [5, 5.41) is 0.884. The summed E-state index contributed by atoms with van der Waals surface area (Å²) in [6.07, 6.45) is 6.86. The maximum Gasteiger partial charge on any atom is 0.306 e. The monoisotopic (exact) mass is 862 g/mol. The normalized spacial score (nSPS) is 30.5. The number of carbonyl (C=O) groups is 4. The van der Waals surface area contributed by atoms with Gasteiger partial charge >= 0.3 is 5.97 Å². The van der Waals surface area contributed by atoms with Crippen LogP contribution in [0.25, 0.3) is 10.9 Å². The molecule has 5 fully saturated rings. The number of amides is 2. The first-order chi connectivity index (χ1) is 29.2. The van der Waals surface area contributed by atoms with Gasteiger partial charge in [-0.25, -0.2) is 13.4 Å². The molecule has 0 unspecified atom stereocenters. The van der Waals surface area contributed by atoms with Crippen molar-refractivity contribution in [2.24, 2.45) is 29.1 Å². The molecule has 3 aliphatic carbocycles. The summed E-state index contributed by atoms with van der Waals surface area (Å²) in [7, 11) is -3.96. The van der Waals surface area contributed by atoms with E-state index in [-0.39, 0.29) is 55.9 Å². The highest BCUT2D eigenvalue weighted by molar-refractivity contribution is 7.91. The van der Waals surface area contributed by atoms with E-state index in [0.29, 0.717) is 56.4 Å². The zero-order chi connectivity index (χ0) is 43.1. The SMILES string of the molecule is C=C[C@@H]1C[C@]1(CC(=O)[C@@H]1C[C@@H]2CN1C(=O)[C@H](C(C)C)CC(=O)O[C@@H]1C[C@H]1CCCCCc1c(nc3ccccc3c1OCCN1CCOCC1)O2)C(=O)NS(=O)(=O)C1(C)CC1. The lowest BCUT2D eigenvalue weighted by atomic mass is 9.89. The number of hydrogen-bond acceptors (Lipinski definition) is 12. The van der Waals surface area contributed by atoms with Crippen molar-refractivity contribution in [2.45, 2.75) is 121 Å². The molecule has 15 heteroatoms. The van der Waals surface area contributed by atoms with E-state index < -0.39 is 56.0 Å². The summed E-state index contributed by atoms with van der Waals surface area (Å²) in [4.78, 5) is 65.5. The van der Waals surface area contributed by atoms with Gasteiger partial charge in [0.15, 0.2) is 5.78 Å². The molecular formula is C46H62N4O10S. The van der Waals surface area contributed by atoms with Crippen LogP contribution in [-0.2, 0) is 45.1 Å². The fourth-order valence-electron chi connectivity index (χ4n) is 9.55. The van der Waals surface area contributed by atoms with Gasteiger partial charge in [0.05, 0.1) is 59.4 Å². The molecule has 0 spiro atoms. The van der Waals surface area contributed by atoms with E-state index in [4.69, 9.17) is 23.9 Å². The summed E-state index contributed by atoms with van der Waals surface area (Å²) in [6.45, 7) is 13.6. The van der Waals surface area contributed by atoms with Gasteiger partial charge in [-0.3, -0.25) is 28.8 Å². The molecule has 61 heavy (non-hydrogen) atoms. The van der Waals surface area contributed by atoms with Crippen molar-refractivity contribution in [1.29, 1.82) is 0 Å². The molecule has 2 amide bonds. The third-order valence-corrected chi connectivity index (χ3v) is 16.4. The highest BCUT2D eigenvalue weighted by Gasteiger charge is 2.62. The van der Waals surface area contributed by atoms with E-state index in [1.165, 1.54) is 4.90 Å². The number of esters is 1. The number of nitrogens with zero attached hydrogens (tertiary/aromatic N) is 3.